The van der Waals surface area contributed by atoms with E-state index in [1.165, 1.54) is 16.0 Å². The molecule has 0 bridgehead atoms. The Morgan fingerprint density at radius 3 is 2.48 bits per heavy atom. The molecular formula is C25H23ClN2O2S. The van der Waals surface area contributed by atoms with Gasteiger partial charge >= 0.3 is 0 Å². The van der Waals surface area contributed by atoms with Crippen LogP contribution in [0.1, 0.15) is 33.6 Å². The molecule has 2 aromatic carbocycles. The van der Waals surface area contributed by atoms with Gasteiger partial charge in [-0.1, -0.05) is 41.9 Å². The Kier molecular flexibility index (Phi) is 5.82. The predicted octanol–water partition coefficient (Wildman–Crippen LogP) is 6.60. The summed E-state index contributed by atoms with van der Waals surface area (Å²) in [5, 5.41) is 0.266. The first-order valence-electron chi connectivity index (χ1n) is 10.0. The van der Waals surface area contributed by atoms with Crippen molar-refractivity contribution in [3.8, 4) is 5.69 Å². The number of aromatic nitrogens is 1. The SMILES string of the molecule is Cc1cccc(-n2c(C)cc(/C=C3\SC(=O)N(Cc4ccccc4Cl)C3=O)c2C)c1C. The predicted molar refractivity (Wildman–Crippen MR) is 128 cm³/mol. The van der Waals surface area contributed by atoms with Gasteiger partial charge in [-0.15, -0.1) is 0 Å². The molecule has 0 unspecified atom stereocenters. The Balaban J connectivity index is 1.67. The van der Waals surface area contributed by atoms with E-state index in [9.17, 15) is 9.59 Å². The summed E-state index contributed by atoms with van der Waals surface area (Å²) in [6.07, 6.45) is 1.82. The fourth-order valence-corrected chi connectivity index (χ4v) is 4.88. The summed E-state index contributed by atoms with van der Waals surface area (Å²) in [6, 6.07) is 15.6. The third-order valence-corrected chi connectivity index (χ3v) is 7.01. The second kappa shape index (κ2) is 8.40. The standard InChI is InChI=1S/C25H23ClN2O2S/c1-15-8-7-11-22(17(15)3)28-16(2)12-20(18(28)4)13-23-24(29)27(25(30)31-23)14-19-9-5-6-10-21(19)26/h5-13H,14H2,1-4H3/b23-13-. The summed E-state index contributed by atoms with van der Waals surface area (Å²) in [5.41, 5.74) is 7.36. The van der Waals surface area contributed by atoms with Gasteiger partial charge in [0.25, 0.3) is 11.1 Å². The van der Waals surface area contributed by atoms with Crippen LogP contribution in [0.25, 0.3) is 11.8 Å². The van der Waals surface area contributed by atoms with Crippen molar-refractivity contribution in [1.29, 1.82) is 0 Å². The average Bonchev–Trinajstić information content (AvgIpc) is 3.15. The largest absolute Gasteiger partial charge is 0.318 e. The average molecular weight is 451 g/mol. The number of nitrogens with zero attached hydrogens (tertiary/aromatic N) is 2. The van der Waals surface area contributed by atoms with Gasteiger partial charge in [0, 0.05) is 22.1 Å². The fraction of sp³-hybridized carbons (Fsp3) is 0.200. The third-order valence-electron chi connectivity index (χ3n) is 5.73. The van der Waals surface area contributed by atoms with E-state index in [0.717, 1.165) is 40.0 Å². The monoisotopic (exact) mass is 450 g/mol. The summed E-state index contributed by atoms with van der Waals surface area (Å²) in [7, 11) is 0. The number of thioether (sulfide) groups is 1. The molecule has 31 heavy (non-hydrogen) atoms. The number of hydrogen-bond donors (Lipinski definition) is 0. The molecule has 4 rings (SSSR count). The number of halogens is 1. The molecule has 6 heteroatoms. The molecule has 0 radical (unpaired) electrons. The van der Waals surface area contributed by atoms with Gasteiger partial charge in [-0.25, -0.2) is 0 Å². The van der Waals surface area contributed by atoms with Gasteiger partial charge in [-0.05, 0) is 86.0 Å². The molecule has 1 fully saturated rings. The number of benzene rings is 2. The van der Waals surface area contributed by atoms with Gasteiger partial charge in [0.15, 0.2) is 0 Å². The molecule has 1 aliphatic heterocycles. The van der Waals surface area contributed by atoms with Crippen LogP contribution in [-0.4, -0.2) is 20.6 Å². The van der Waals surface area contributed by atoms with E-state index in [1.807, 2.05) is 31.2 Å². The van der Waals surface area contributed by atoms with Gasteiger partial charge in [0.2, 0.25) is 0 Å². The number of imide groups is 1. The quantitative estimate of drug-likeness (QED) is 0.420. The number of amides is 2. The van der Waals surface area contributed by atoms with Crippen molar-refractivity contribution in [2.24, 2.45) is 0 Å². The zero-order valence-electron chi connectivity index (χ0n) is 17.9. The molecule has 0 saturated carbocycles. The lowest BCUT2D eigenvalue weighted by Gasteiger charge is -2.14. The first-order chi connectivity index (χ1) is 14.8. The highest BCUT2D eigenvalue weighted by molar-refractivity contribution is 8.18. The number of rotatable bonds is 4. The van der Waals surface area contributed by atoms with Crippen molar-refractivity contribution in [1.82, 2.24) is 9.47 Å². The molecule has 3 aromatic rings. The van der Waals surface area contributed by atoms with Crippen molar-refractivity contribution in [3.63, 3.8) is 0 Å². The minimum atomic E-state index is -0.286. The van der Waals surface area contributed by atoms with Gasteiger partial charge < -0.3 is 4.57 Å². The van der Waals surface area contributed by atoms with E-state index in [0.29, 0.717) is 9.93 Å². The highest BCUT2D eigenvalue weighted by atomic mass is 35.5. The van der Waals surface area contributed by atoms with Crippen LogP contribution in [0.3, 0.4) is 0 Å². The first kappa shape index (κ1) is 21.5. The van der Waals surface area contributed by atoms with E-state index < -0.39 is 0 Å². The lowest BCUT2D eigenvalue weighted by molar-refractivity contribution is -0.123. The molecule has 158 valence electrons. The van der Waals surface area contributed by atoms with Crippen LogP contribution < -0.4 is 0 Å². The Morgan fingerprint density at radius 1 is 1.00 bits per heavy atom. The Hall–Kier alpha value is -2.76. The molecule has 2 amide bonds. The number of hydrogen-bond acceptors (Lipinski definition) is 3. The fourth-order valence-electron chi connectivity index (χ4n) is 3.86. The minimum Gasteiger partial charge on any atom is -0.318 e. The molecule has 2 heterocycles. The van der Waals surface area contributed by atoms with Crippen molar-refractivity contribution in [2.75, 3.05) is 0 Å². The molecular weight excluding hydrogens is 428 g/mol. The van der Waals surface area contributed by atoms with Gasteiger partial charge in [0.1, 0.15) is 0 Å². The topological polar surface area (TPSA) is 42.3 Å². The zero-order valence-corrected chi connectivity index (χ0v) is 19.5. The summed E-state index contributed by atoms with van der Waals surface area (Å²) in [4.78, 5) is 27.2. The number of carbonyl (C=O) groups is 2. The van der Waals surface area contributed by atoms with Crippen LogP contribution in [0.5, 0.6) is 0 Å². The van der Waals surface area contributed by atoms with E-state index in [-0.39, 0.29) is 17.7 Å². The maximum atomic E-state index is 13.0. The second-order valence-electron chi connectivity index (χ2n) is 7.74. The smallest absolute Gasteiger partial charge is 0.293 e. The molecule has 1 saturated heterocycles. The van der Waals surface area contributed by atoms with Crippen molar-refractivity contribution in [3.05, 3.63) is 92.1 Å². The Morgan fingerprint density at radius 2 is 1.74 bits per heavy atom. The first-order valence-corrected chi connectivity index (χ1v) is 11.2. The van der Waals surface area contributed by atoms with Crippen LogP contribution >= 0.6 is 23.4 Å². The van der Waals surface area contributed by atoms with E-state index in [4.69, 9.17) is 11.6 Å². The Bertz CT molecular complexity index is 1240. The van der Waals surface area contributed by atoms with Gasteiger partial charge in [-0.3, -0.25) is 14.5 Å². The van der Waals surface area contributed by atoms with Crippen LogP contribution in [0.4, 0.5) is 4.79 Å². The van der Waals surface area contributed by atoms with Crippen molar-refractivity contribution in [2.45, 2.75) is 34.2 Å². The molecule has 0 atom stereocenters. The molecule has 1 aliphatic rings. The minimum absolute atomic E-state index is 0.170. The van der Waals surface area contributed by atoms with Crippen LogP contribution in [0, 0.1) is 27.7 Å². The molecule has 0 aliphatic carbocycles. The molecule has 0 N–H and O–H groups in total. The van der Waals surface area contributed by atoms with E-state index in [1.54, 1.807) is 6.07 Å². The third kappa shape index (κ3) is 3.95. The molecule has 1 aromatic heterocycles. The van der Waals surface area contributed by atoms with Crippen LogP contribution in [0.15, 0.2) is 53.4 Å². The number of carbonyl (C=O) groups excluding carboxylic acids is 2. The second-order valence-corrected chi connectivity index (χ2v) is 9.14. The number of aryl methyl sites for hydroxylation is 2. The highest BCUT2D eigenvalue weighted by Gasteiger charge is 2.35. The summed E-state index contributed by atoms with van der Waals surface area (Å²) in [5.74, 6) is -0.286. The van der Waals surface area contributed by atoms with E-state index >= 15 is 0 Å². The summed E-state index contributed by atoms with van der Waals surface area (Å²) < 4.78 is 2.20. The van der Waals surface area contributed by atoms with Crippen LogP contribution in [-0.2, 0) is 11.3 Å². The van der Waals surface area contributed by atoms with Crippen molar-refractivity contribution >= 4 is 40.6 Å². The molecule has 4 nitrogen and oxygen atoms in total. The lowest BCUT2D eigenvalue weighted by Crippen LogP contribution is -2.27. The Labute approximate surface area is 191 Å². The summed E-state index contributed by atoms with van der Waals surface area (Å²) in [6.45, 7) is 8.47. The maximum absolute atomic E-state index is 13.0. The van der Waals surface area contributed by atoms with E-state index in [2.05, 4.69) is 49.6 Å². The normalized spacial score (nSPS) is 15.4. The van der Waals surface area contributed by atoms with Gasteiger partial charge in [0.05, 0.1) is 11.4 Å². The maximum Gasteiger partial charge on any atom is 0.293 e. The lowest BCUT2D eigenvalue weighted by atomic mass is 10.1. The van der Waals surface area contributed by atoms with Crippen LogP contribution in [0.2, 0.25) is 5.02 Å². The summed E-state index contributed by atoms with van der Waals surface area (Å²) >= 11 is 7.19. The van der Waals surface area contributed by atoms with Crippen molar-refractivity contribution < 1.29 is 9.59 Å². The molecule has 0 spiro atoms. The highest BCUT2D eigenvalue weighted by Crippen LogP contribution is 2.35. The van der Waals surface area contributed by atoms with Gasteiger partial charge in [-0.2, -0.15) is 0 Å². The zero-order chi connectivity index (χ0) is 22.3.